The summed E-state index contributed by atoms with van der Waals surface area (Å²) in [6.45, 7) is 0. The van der Waals surface area contributed by atoms with E-state index in [2.05, 4.69) is 17.1 Å². The van der Waals surface area contributed by atoms with Crippen molar-refractivity contribution in [3.05, 3.63) is 100 Å². The van der Waals surface area contributed by atoms with E-state index in [4.69, 9.17) is 32.6 Å². The molecule has 0 amide bonds. The summed E-state index contributed by atoms with van der Waals surface area (Å²) >= 11 is 12.1. The molecule has 0 aliphatic heterocycles. The first-order valence-corrected chi connectivity index (χ1v) is 9.99. The molecule has 0 aliphatic carbocycles. The Kier molecular flexibility index (Phi) is 4.62. The van der Waals surface area contributed by atoms with Gasteiger partial charge in [0.1, 0.15) is 5.69 Å². The zero-order valence-corrected chi connectivity index (χ0v) is 16.8. The van der Waals surface area contributed by atoms with Gasteiger partial charge in [-0.25, -0.2) is 4.98 Å². The molecule has 2 aromatic heterocycles. The zero-order valence-electron chi connectivity index (χ0n) is 15.3. The fourth-order valence-corrected chi connectivity index (χ4v) is 3.73. The summed E-state index contributed by atoms with van der Waals surface area (Å²) < 4.78 is 6.25. The van der Waals surface area contributed by atoms with Crippen molar-refractivity contribution in [1.29, 1.82) is 0 Å². The van der Waals surface area contributed by atoms with Crippen LogP contribution in [0.3, 0.4) is 0 Å². The first-order chi connectivity index (χ1) is 14.2. The van der Waals surface area contributed by atoms with Crippen molar-refractivity contribution in [3.63, 3.8) is 0 Å². The van der Waals surface area contributed by atoms with Gasteiger partial charge in [0.25, 0.3) is 0 Å². The normalized spacial score (nSPS) is 11.2. The number of aromatic amines is 1. The van der Waals surface area contributed by atoms with Gasteiger partial charge in [-0.05, 0) is 48.0 Å². The van der Waals surface area contributed by atoms with E-state index < -0.39 is 0 Å². The number of halogens is 2. The lowest BCUT2D eigenvalue weighted by atomic mass is 10.1. The van der Waals surface area contributed by atoms with Gasteiger partial charge >= 0.3 is 0 Å². The van der Waals surface area contributed by atoms with Crippen LogP contribution in [0.5, 0.6) is 0 Å². The summed E-state index contributed by atoms with van der Waals surface area (Å²) in [7, 11) is 0. The van der Waals surface area contributed by atoms with Gasteiger partial charge in [-0.3, -0.25) is 0 Å². The molecule has 3 aromatic carbocycles. The molecule has 0 spiro atoms. The average molecular weight is 419 g/mol. The summed E-state index contributed by atoms with van der Waals surface area (Å²) in [4.78, 5) is 8.14. The molecule has 0 unspecified atom stereocenters. The van der Waals surface area contributed by atoms with Crippen LogP contribution >= 0.6 is 23.2 Å². The van der Waals surface area contributed by atoms with Crippen molar-refractivity contribution in [2.24, 2.45) is 0 Å². The van der Waals surface area contributed by atoms with E-state index in [0.717, 1.165) is 33.7 Å². The molecule has 0 radical (unpaired) electrons. The Morgan fingerprint density at radius 3 is 2.17 bits per heavy atom. The van der Waals surface area contributed by atoms with Crippen molar-refractivity contribution in [1.82, 2.24) is 9.97 Å². The van der Waals surface area contributed by atoms with Gasteiger partial charge in [0.15, 0.2) is 11.7 Å². The minimum Gasteiger partial charge on any atom is -0.440 e. The standard InChI is InChI=1S/C24H16Cl2N2O/c25-18-9-5-15(6-10-18)23-24(16-7-11-19(26)12-8-16)29-22(28-23)13-17-14-27-21-4-2-1-3-20(17)21/h1-12,14,27H,13H2. The number of nitrogens with one attached hydrogen (secondary N) is 1. The van der Waals surface area contributed by atoms with Crippen LogP contribution in [0.4, 0.5) is 0 Å². The van der Waals surface area contributed by atoms with E-state index in [1.54, 1.807) is 0 Å². The van der Waals surface area contributed by atoms with Gasteiger partial charge < -0.3 is 9.40 Å². The summed E-state index contributed by atoms with van der Waals surface area (Å²) in [6, 6.07) is 23.4. The molecule has 0 saturated heterocycles. The summed E-state index contributed by atoms with van der Waals surface area (Å²) in [6.07, 6.45) is 2.61. The number of oxazole rings is 1. The fourth-order valence-electron chi connectivity index (χ4n) is 3.48. The van der Waals surface area contributed by atoms with E-state index in [9.17, 15) is 0 Å². The van der Waals surface area contributed by atoms with Crippen molar-refractivity contribution in [3.8, 4) is 22.6 Å². The second-order valence-electron chi connectivity index (χ2n) is 6.84. The molecule has 142 valence electrons. The average Bonchev–Trinajstić information content (AvgIpc) is 3.34. The van der Waals surface area contributed by atoms with E-state index in [1.165, 1.54) is 5.39 Å². The lowest BCUT2D eigenvalue weighted by Crippen LogP contribution is -1.87. The Labute approximate surface area is 177 Å². The van der Waals surface area contributed by atoms with Crippen LogP contribution in [-0.2, 0) is 6.42 Å². The lowest BCUT2D eigenvalue weighted by Gasteiger charge is -2.02. The van der Waals surface area contributed by atoms with Crippen LogP contribution in [0.1, 0.15) is 11.5 Å². The predicted octanol–water partition coefficient (Wildman–Crippen LogP) is 7.39. The van der Waals surface area contributed by atoms with Crippen molar-refractivity contribution < 1.29 is 4.42 Å². The molecular formula is C24H16Cl2N2O. The number of hydrogen-bond donors (Lipinski definition) is 1. The number of rotatable bonds is 4. The topological polar surface area (TPSA) is 41.8 Å². The Morgan fingerprint density at radius 2 is 1.45 bits per heavy atom. The van der Waals surface area contributed by atoms with Crippen LogP contribution < -0.4 is 0 Å². The molecule has 5 rings (SSSR count). The van der Waals surface area contributed by atoms with Gasteiger partial charge in [-0.1, -0.05) is 53.5 Å². The fraction of sp³-hybridized carbons (Fsp3) is 0.0417. The van der Waals surface area contributed by atoms with Gasteiger partial charge in [0.05, 0.1) is 6.42 Å². The molecule has 2 heterocycles. The number of para-hydroxylation sites is 1. The lowest BCUT2D eigenvalue weighted by molar-refractivity contribution is 0.520. The summed E-state index contributed by atoms with van der Waals surface area (Å²) in [5, 5.41) is 2.54. The van der Waals surface area contributed by atoms with E-state index in [0.29, 0.717) is 22.4 Å². The van der Waals surface area contributed by atoms with Gasteiger partial charge in [-0.15, -0.1) is 0 Å². The Hall–Kier alpha value is -3.01. The number of nitrogens with zero attached hydrogens (tertiary/aromatic N) is 1. The quantitative estimate of drug-likeness (QED) is 0.330. The molecule has 29 heavy (non-hydrogen) atoms. The van der Waals surface area contributed by atoms with E-state index in [1.807, 2.05) is 66.9 Å². The van der Waals surface area contributed by atoms with Gasteiger partial charge in [-0.2, -0.15) is 0 Å². The largest absolute Gasteiger partial charge is 0.440 e. The zero-order chi connectivity index (χ0) is 19.8. The van der Waals surface area contributed by atoms with E-state index in [-0.39, 0.29) is 0 Å². The van der Waals surface area contributed by atoms with Crippen molar-refractivity contribution >= 4 is 34.1 Å². The third-order valence-corrected chi connectivity index (χ3v) is 5.42. The van der Waals surface area contributed by atoms with Crippen LogP contribution in [0.2, 0.25) is 10.0 Å². The Morgan fingerprint density at radius 1 is 0.793 bits per heavy atom. The van der Waals surface area contributed by atoms with Crippen LogP contribution in [0.25, 0.3) is 33.5 Å². The minimum atomic E-state index is 0.595. The second-order valence-corrected chi connectivity index (χ2v) is 7.71. The molecule has 3 nitrogen and oxygen atoms in total. The molecule has 0 fully saturated rings. The first-order valence-electron chi connectivity index (χ1n) is 9.24. The molecule has 0 atom stereocenters. The summed E-state index contributed by atoms with van der Waals surface area (Å²) in [5.74, 6) is 1.38. The maximum absolute atomic E-state index is 6.25. The highest BCUT2D eigenvalue weighted by Gasteiger charge is 2.18. The highest BCUT2D eigenvalue weighted by atomic mass is 35.5. The predicted molar refractivity (Wildman–Crippen MR) is 118 cm³/mol. The molecular weight excluding hydrogens is 403 g/mol. The maximum Gasteiger partial charge on any atom is 0.200 e. The van der Waals surface area contributed by atoms with E-state index >= 15 is 0 Å². The van der Waals surface area contributed by atoms with Crippen LogP contribution in [0, 0.1) is 0 Å². The third-order valence-electron chi connectivity index (χ3n) is 4.91. The molecule has 0 saturated carbocycles. The van der Waals surface area contributed by atoms with Gasteiger partial charge in [0.2, 0.25) is 0 Å². The third kappa shape index (κ3) is 3.55. The number of hydrogen-bond acceptors (Lipinski definition) is 2. The highest BCUT2D eigenvalue weighted by Crippen LogP contribution is 2.35. The SMILES string of the molecule is Clc1ccc(-c2nc(Cc3c[nH]c4ccccc34)oc2-c2ccc(Cl)cc2)cc1. The molecule has 0 aliphatic rings. The van der Waals surface area contributed by atoms with Crippen LogP contribution in [-0.4, -0.2) is 9.97 Å². The molecule has 0 bridgehead atoms. The first kappa shape index (κ1) is 18.0. The van der Waals surface area contributed by atoms with Crippen molar-refractivity contribution in [2.45, 2.75) is 6.42 Å². The summed E-state index contributed by atoms with van der Waals surface area (Å²) in [5.41, 5.74) is 4.92. The van der Waals surface area contributed by atoms with Crippen molar-refractivity contribution in [2.75, 3.05) is 0 Å². The molecule has 5 heteroatoms. The molecule has 5 aromatic rings. The Balaban J connectivity index is 1.60. The second kappa shape index (κ2) is 7.43. The number of aromatic nitrogens is 2. The smallest absolute Gasteiger partial charge is 0.200 e. The number of benzene rings is 3. The maximum atomic E-state index is 6.25. The number of H-pyrrole nitrogens is 1. The molecule has 1 N–H and O–H groups in total. The number of fused-ring (bicyclic) bond motifs is 1. The minimum absolute atomic E-state index is 0.595. The van der Waals surface area contributed by atoms with Gasteiger partial charge in [0, 0.05) is 38.3 Å². The van der Waals surface area contributed by atoms with Crippen LogP contribution in [0.15, 0.2) is 83.4 Å². The monoisotopic (exact) mass is 418 g/mol. The highest BCUT2D eigenvalue weighted by molar-refractivity contribution is 6.31. The Bertz CT molecular complexity index is 1220.